The summed E-state index contributed by atoms with van der Waals surface area (Å²) in [6.07, 6.45) is 1.67. The largest absolute Gasteiger partial charge is 0.468 e. The van der Waals surface area contributed by atoms with Crippen molar-refractivity contribution in [2.45, 2.75) is 26.4 Å². The topological polar surface area (TPSA) is 54.3 Å². The van der Waals surface area contributed by atoms with Crippen LogP contribution in [0.3, 0.4) is 0 Å². The third-order valence-electron chi connectivity index (χ3n) is 2.59. The predicted molar refractivity (Wildman–Crippen MR) is 72.6 cm³/mol. The molecule has 1 atom stereocenters. The molecule has 2 rings (SSSR count). The molecule has 1 amide bonds. The standard InChI is InChI=1S/C13H16N2O2S/c1-9(12-4-3-6-17-12)14-8-13-11(5-7-18-13)15-10(2)16/h3-7,9,14H,8H2,1-2H3,(H,15,16). The summed E-state index contributed by atoms with van der Waals surface area (Å²) in [7, 11) is 0. The second-order valence-electron chi connectivity index (χ2n) is 4.06. The van der Waals surface area contributed by atoms with Gasteiger partial charge in [0.15, 0.2) is 0 Å². The summed E-state index contributed by atoms with van der Waals surface area (Å²) in [6.45, 7) is 4.26. The molecule has 0 radical (unpaired) electrons. The van der Waals surface area contributed by atoms with E-state index >= 15 is 0 Å². The summed E-state index contributed by atoms with van der Waals surface area (Å²) in [5.74, 6) is 0.862. The van der Waals surface area contributed by atoms with Crippen LogP contribution in [-0.2, 0) is 11.3 Å². The molecule has 0 fully saturated rings. The van der Waals surface area contributed by atoms with Crippen molar-refractivity contribution < 1.29 is 9.21 Å². The van der Waals surface area contributed by atoms with Gasteiger partial charge in [-0.2, -0.15) is 0 Å². The normalized spacial score (nSPS) is 12.3. The second kappa shape index (κ2) is 5.84. The zero-order valence-corrected chi connectivity index (χ0v) is 11.2. The van der Waals surface area contributed by atoms with Gasteiger partial charge in [0.2, 0.25) is 5.91 Å². The summed E-state index contributed by atoms with van der Waals surface area (Å²) in [5, 5.41) is 8.16. The molecule has 2 aromatic heterocycles. The van der Waals surface area contributed by atoms with Crippen LogP contribution in [0.5, 0.6) is 0 Å². The Bertz CT molecular complexity index is 505. The minimum absolute atomic E-state index is 0.0475. The first-order valence-corrected chi connectivity index (χ1v) is 6.65. The van der Waals surface area contributed by atoms with Crippen molar-refractivity contribution in [3.05, 3.63) is 40.5 Å². The van der Waals surface area contributed by atoms with Gasteiger partial charge in [-0.1, -0.05) is 0 Å². The minimum Gasteiger partial charge on any atom is -0.468 e. The Morgan fingerprint density at radius 1 is 1.50 bits per heavy atom. The van der Waals surface area contributed by atoms with E-state index in [0.29, 0.717) is 6.54 Å². The van der Waals surface area contributed by atoms with Crippen molar-refractivity contribution in [3.63, 3.8) is 0 Å². The van der Waals surface area contributed by atoms with Gasteiger partial charge >= 0.3 is 0 Å². The van der Waals surface area contributed by atoms with Crippen LogP contribution >= 0.6 is 11.3 Å². The number of anilines is 1. The molecule has 2 aromatic rings. The van der Waals surface area contributed by atoms with Crippen molar-refractivity contribution in [2.24, 2.45) is 0 Å². The Hall–Kier alpha value is -1.59. The van der Waals surface area contributed by atoms with Crippen LogP contribution in [0.4, 0.5) is 5.69 Å². The maximum absolute atomic E-state index is 11.0. The van der Waals surface area contributed by atoms with E-state index in [1.54, 1.807) is 17.6 Å². The van der Waals surface area contributed by atoms with Gasteiger partial charge in [-0.15, -0.1) is 11.3 Å². The van der Waals surface area contributed by atoms with Crippen LogP contribution in [0.15, 0.2) is 34.3 Å². The number of hydrogen-bond acceptors (Lipinski definition) is 4. The van der Waals surface area contributed by atoms with Gasteiger partial charge in [-0.3, -0.25) is 4.79 Å². The van der Waals surface area contributed by atoms with Crippen LogP contribution in [0, 0.1) is 0 Å². The molecular formula is C13H16N2O2S. The van der Waals surface area contributed by atoms with Crippen molar-refractivity contribution in [3.8, 4) is 0 Å². The van der Waals surface area contributed by atoms with Gasteiger partial charge in [0.25, 0.3) is 0 Å². The van der Waals surface area contributed by atoms with Crippen LogP contribution < -0.4 is 10.6 Å². The number of rotatable bonds is 5. The molecule has 96 valence electrons. The van der Waals surface area contributed by atoms with Crippen molar-refractivity contribution in [2.75, 3.05) is 5.32 Å². The molecule has 0 spiro atoms. The molecule has 2 heterocycles. The maximum atomic E-state index is 11.0. The third-order valence-corrected chi connectivity index (χ3v) is 3.52. The number of hydrogen-bond donors (Lipinski definition) is 2. The highest BCUT2D eigenvalue weighted by Crippen LogP contribution is 2.23. The smallest absolute Gasteiger partial charge is 0.221 e. The minimum atomic E-state index is -0.0475. The quantitative estimate of drug-likeness (QED) is 0.872. The molecule has 0 aromatic carbocycles. The van der Waals surface area contributed by atoms with E-state index in [4.69, 9.17) is 4.42 Å². The summed E-state index contributed by atoms with van der Waals surface area (Å²) < 4.78 is 5.33. The highest BCUT2D eigenvalue weighted by molar-refractivity contribution is 7.10. The Balaban J connectivity index is 1.94. The Morgan fingerprint density at radius 2 is 2.33 bits per heavy atom. The van der Waals surface area contributed by atoms with Crippen LogP contribution in [0.1, 0.15) is 30.5 Å². The van der Waals surface area contributed by atoms with Gasteiger partial charge in [0, 0.05) is 18.3 Å². The summed E-state index contributed by atoms with van der Waals surface area (Å²) >= 11 is 1.62. The third kappa shape index (κ3) is 3.21. The first kappa shape index (κ1) is 12.9. The number of furan rings is 1. The van der Waals surface area contributed by atoms with Crippen molar-refractivity contribution in [1.82, 2.24) is 5.32 Å². The van der Waals surface area contributed by atoms with Crippen molar-refractivity contribution >= 4 is 22.9 Å². The summed E-state index contributed by atoms with van der Waals surface area (Å²) in [4.78, 5) is 12.2. The van der Waals surface area contributed by atoms with E-state index < -0.39 is 0 Å². The zero-order chi connectivity index (χ0) is 13.0. The lowest BCUT2D eigenvalue weighted by atomic mass is 10.2. The lowest BCUT2D eigenvalue weighted by Crippen LogP contribution is -2.18. The molecule has 4 nitrogen and oxygen atoms in total. The van der Waals surface area contributed by atoms with Crippen molar-refractivity contribution in [1.29, 1.82) is 0 Å². The van der Waals surface area contributed by atoms with E-state index in [9.17, 15) is 4.79 Å². The van der Waals surface area contributed by atoms with E-state index in [1.807, 2.05) is 30.5 Å². The molecule has 5 heteroatoms. The lowest BCUT2D eigenvalue weighted by Gasteiger charge is -2.11. The molecule has 2 N–H and O–H groups in total. The molecule has 0 aliphatic heterocycles. The monoisotopic (exact) mass is 264 g/mol. The van der Waals surface area contributed by atoms with Gasteiger partial charge in [-0.05, 0) is 30.5 Å². The average Bonchev–Trinajstić information content (AvgIpc) is 2.95. The molecule has 0 bridgehead atoms. The highest BCUT2D eigenvalue weighted by Gasteiger charge is 2.10. The number of thiophene rings is 1. The fourth-order valence-corrected chi connectivity index (χ4v) is 2.44. The van der Waals surface area contributed by atoms with E-state index in [0.717, 1.165) is 16.3 Å². The fourth-order valence-electron chi connectivity index (χ4n) is 1.66. The van der Waals surface area contributed by atoms with Gasteiger partial charge in [0.05, 0.1) is 18.0 Å². The fraction of sp³-hybridized carbons (Fsp3) is 0.308. The molecule has 0 saturated carbocycles. The highest BCUT2D eigenvalue weighted by atomic mass is 32.1. The van der Waals surface area contributed by atoms with Gasteiger partial charge in [-0.25, -0.2) is 0 Å². The van der Waals surface area contributed by atoms with Gasteiger partial charge in [0.1, 0.15) is 5.76 Å². The SMILES string of the molecule is CC(=O)Nc1ccsc1CNC(C)c1ccco1. The molecule has 18 heavy (non-hydrogen) atoms. The first-order chi connectivity index (χ1) is 8.66. The van der Waals surface area contributed by atoms with Crippen LogP contribution in [-0.4, -0.2) is 5.91 Å². The molecule has 0 aliphatic rings. The maximum Gasteiger partial charge on any atom is 0.221 e. The number of carbonyl (C=O) groups excluding carboxylic acids is 1. The van der Waals surface area contributed by atoms with E-state index in [2.05, 4.69) is 10.6 Å². The lowest BCUT2D eigenvalue weighted by molar-refractivity contribution is -0.114. The Labute approximate surface area is 110 Å². The predicted octanol–water partition coefficient (Wildman–Crippen LogP) is 3.15. The zero-order valence-electron chi connectivity index (χ0n) is 10.4. The van der Waals surface area contributed by atoms with Gasteiger partial charge < -0.3 is 15.1 Å². The second-order valence-corrected chi connectivity index (χ2v) is 5.06. The van der Waals surface area contributed by atoms with Crippen LogP contribution in [0.25, 0.3) is 0 Å². The summed E-state index contributed by atoms with van der Waals surface area (Å²) in [6, 6.07) is 5.88. The average molecular weight is 264 g/mol. The number of amides is 1. The van der Waals surface area contributed by atoms with E-state index in [1.165, 1.54) is 6.92 Å². The Kier molecular flexibility index (Phi) is 4.17. The van der Waals surface area contributed by atoms with E-state index in [-0.39, 0.29) is 11.9 Å². The number of carbonyl (C=O) groups is 1. The van der Waals surface area contributed by atoms with Crippen LogP contribution in [0.2, 0.25) is 0 Å². The summed E-state index contributed by atoms with van der Waals surface area (Å²) in [5.41, 5.74) is 0.881. The number of nitrogens with one attached hydrogen (secondary N) is 2. The molecular weight excluding hydrogens is 248 g/mol. The molecule has 0 aliphatic carbocycles. The molecule has 0 saturated heterocycles. The molecule has 1 unspecified atom stereocenters. The Morgan fingerprint density at radius 3 is 3.00 bits per heavy atom. The first-order valence-electron chi connectivity index (χ1n) is 5.77.